The first-order valence-electron chi connectivity index (χ1n) is 15.3. The summed E-state index contributed by atoms with van der Waals surface area (Å²) in [6.07, 6.45) is -13.1. The summed E-state index contributed by atoms with van der Waals surface area (Å²) in [6, 6.07) is -4.88. The molecule has 4 aliphatic rings. The standard InChI is InChI=1S/C26H51N7O12/c27-2-1-9(35)6-32-7-14-13(36)4-11(29)23(42-14)44-21-10(28)3-12(33-25(40)26(41)5-16(26)30)22(20(21)39)45-24-19(38)17(31)18(37)15(8-34)43-24/h9-24,32,34-39,41H,1-8,27-31H2,(H,33,40)/t9?,10-,11+,12+,13-,14+,15+,16?,17-,18+,19+,20-,21?,22-,23+,24+,26?/m0/s1. The van der Waals surface area contributed by atoms with Gasteiger partial charge >= 0.3 is 0 Å². The molecule has 17 atom stereocenters. The summed E-state index contributed by atoms with van der Waals surface area (Å²) in [7, 11) is 0. The fraction of sp³-hybridized carbons (Fsp3) is 0.962. The van der Waals surface area contributed by atoms with Gasteiger partial charge in [0.05, 0.1) is 43.0 Å². The average Bonchev–Trinajstić information content (AvgIpc) is 3.61. The first-order valence-corrected chi connectivity index (χ1v) is 15.3. The Morgan fingerprint density at radius 3 is 2.20 bits per heavy atom. The van der Waals surface area contributed by atoms with Crippen LogP contribution in [0.15, 0.2) is 0 Å². The summed E-state index contributed by atoms with van der Waals surface area (Å²) in [6.45, 7) is 0.0226. The molecular formula is C26H51N7O12. The van der Waals surface area contributed by atoms with Crippen molar-refractivity contribution in [1.82, 2.24) is 10.6 Å². The maximum atomic E-state index is 12.9. The summed E-state index contributed by atoms with van der Waals surface area (Å²) in [5, 5.41) is 78.7. The molecule has 2 aliphatic heterocycles. The van der Waals surface area contributed by atoms with Crippen LogP contribution < -0.4 is 39.3 Å². The van der Waals surface area contributed by atoms with Gasteiger partial charge in [-0.05, 0) is 25.8 Å². The van der Waals surface area contributed by atoms with Crippen molar-refractivity contribution >= 4 is 5.91 Å². The molecule has 0 aromatic carbocycles. The molecule has 19 heteroatoms. The van der Waals surface area contributed by atoms with Crippen molar-refractivity contribution in [3.8, 4) is 0 Å². The zero-order valence-corrected chi connectivity index (χ0v) is 25.0. The number of ether oxygens (including phenoxy) is 4. The molecule has 0 radical (unpaired) electrons. The van der Waals surface area contributed by atoms with Crippen molar-refractivity contribution in [3.05, 3.63) is 0 Å². The van der Waals surface area contributed by atoms with Crippen LogP contribution in [0.1, 0.15) is 25.7 Å². The highest BCUT2D eigenvalue weighted by Gasteiger charge is 2.59. The van der Waals surface area contributed by atoms with Gasteiger partial charge in [0.25, 0.3) is 5.91 Å². The molecule has 4 fully saturated rings. The molecule has 0 bridgehead atoms. The fourth-order valence-electron chi connectivity index (χ4n) is 6.02. The Morgan fingerprint density at radius 1 is 0.933 bits per heavy atom. The lowest BCUT2D eigenvalue weighted by Crippen LogP contribution is -2.69. The molecule has 2 aliphatic carbocycles. The predicted octanol–water partition coefficient (Wildman–Crippen LogP) is -8.34. The summed E-state index contributed by atoms with van der Waals surface area (Å²) in [5.41, 5.74) is 27.9. The largest absolute Gasteiger partial charge is 0.394 e. The summed E-state index contributed by atoms with van der Waals surface area (Å²) in [5.74, 6) is -0.809. The molecule has 2 heterocycles. The van der Waals surface area contributed by atoms with Gasteiger partial charge in [0.2, 0.25) is 0 Å². The van der Waals surface area contributed by atoms with Crippen molar-refractivity contribution in [3.63, 3.8) is 0 Å². The Labute approximate surface area is 260 Å². The number of carbonyl (C=O) groups excluding carboxylic acids is 1. The van der Waals surface area contributed by atoms with Crippen molar-refractivity contribution < 1.29 is 59.5 Å². The van der Waals surface area contributed by atoms with Gasteiger partial charge < -0.3 is 94.0 Å². The molecule has 0 spiro atoms. The number of carbonyl (C=O) groups is 1. The number of hydrogen-bond donors (Lipinski definition) is 14. The Hall–Kier alpha value is -1.21. The molecule has 2 saturated heterocycles. The van der Waals surface area contributed by atoms with E-state index in [1.807, 2.05) is 0 Å². The van der Waals surface area contributed by atoms with Gasteiger partial charge in [0, 0.05) is 31.6 Å². The van der Waals surface area contributed by atoms with Gasteiger partial charge in [-0.2, -0.15) is 0 Å². The predicted molar refractivity (Wildman–Crippen MR) is 153 cm³/mol. The maximum absolute atomic E-state index is 12.9. The van der Waals surface area contributed by atoms with Crippen LogP contribution in [0.4, 0.5) is 0 Å². The van der Waals surface area contributed by atoms with E-state index in [1.54, 1.807) is 0 Å². The van der Waals surface area contributed by atoms with Gasteiger partial charge in [-0.1, -0.05) is 0 Å². The van der Waals surface area contributed by atoms with E-state index in [-0.39, 0.29) is 32.4 Å². The van der Waals surface area contributed by atoms with E-state index in [2.05, 4.69) is 10.6 Å². The fourth-order valence-corrected chi connectivity index (χ4v) is 6.02. The minimum atomic E-state index is -1.81. The van der Waals surface area contributed by atoms with Gasteiger partial charge in [-0.3, -0.25) is 4.79 Å². The van der Waals surface area contributed by atoms with Crippen LogP contribution in [0, 0.1) is 0 Å². The Morgan fingerprint density at radius 2 is 1.58 bits per heavy atom. The summed E-state index contributed by atoms with van der Waals surface area (Å²) >= 11 is 0. The first-order chi connectivity index (χ1) is 21.2. The molecule has 1 amide bonds. The topological polar surface area (TPSA) is 350 Å². The molecule has 0 aromatic heterocycles. The highest BCUT2D eigenvalue weighted by molar-refractivity contribution is 5.89. The number of amides is 1. The summed E-state index contributed by atoms with van der Waals surface area (Å²) < 4.78 is 23.5. The second-order valence-corrected chi connectivity index (χ2v) is 12.6. The third-order valence-electron chi connectivity index (χ3n) is 9.06. The molecular weight excluding hydrogens is 602 g/mol. The molecule has 262 valence electrons. The van der Waals surface area contributed by atoms with E-state index in [0.29, 0.717) is 13.0 Å². The van der Waals surface area contributed by atoms with Crippen LogP contribution in [0.2, 0.25) is 0 Å². The molecule has 4 unspecified atom stereocenters. The van der Waals surface area contributed by atoms with Gasteiger partial charge in [-0.15, -0.1) is 0 Å². The molecule has 19 nitrogen and oxygen atoms in total. The molecule has 4 rings (SSSR count). The number of aliphatic hydroxyl groups is 7. The van der Waals surface area contributed by atoms with Gasteiger partial charge in [0.1, 0.15) is 36.6 Å². The summed E-state index contributed by atoms with van der Waals surface area (Å²) in [4.78, 5) is 12.9. The highest BCUT2D eigenvalue weighted by atomic mass is 16.7. The lowest BCUT2D eigenvalue weighted by molar-refractivity contribution is -0.316. The minimum absolute atomic E-state index is 0.0254. The second-order valence-electron chi connectivity index (χ2n) is 12.6. The van der Waals surface area contributed by atoms with E-state index in [1.165, 1.54) is 0 Å². The lowest BCUT2D eigenvalue weighted by atomic mass is 9.83. The molecule has 2 saturated carbocycles. The van der Waals surface area contributed by atoms with Crippen molar-refractivity contribution in [1.29, 1.82) is 0 Å². The van der Waals surface area contributed by atoms with Gasteiger partial charge in [0.15, 0.2) is 18.2 Å². The maximum Gasteiger partial charge on any atom is 0.253 e. The van der Waals surface area contributed by atoms with Gasteiger partial charge in [-0.25, -0.2) is 0 Å². The Bertz CT molecular complexity index is 975. The van der Waals surface area contributed by atoms with Crippen molar-refractivity contribution in [2.45, 2.75) is 129 Å². The number of hydrogen-bond acceptors (Lipinski definition) is 18. The van der Waals surface area contributed by atoms with Crippen LogP contribution in [-0.4, -0.2) is 171 Å². The molecule has 45 heavy (non-hydrogen) atoms. The Kier molecular flexibility index (Phi) is 12.5. The zero-order chi connectivity index (χ0) is 33.2. The third kappa shape index (κ3) is 8.27. The van der Waals surface area contributed by atoms with E-state index in [0.717, 1.165) is 0 Å². The van der Waals surface area contributed by atoms with Crippen molar-refractivity contribution in [2.75, 3.05) is 26.2 Å². The minimum Gasteiger partial charge on any atom is -0.394 e. The molecule has 19 N–H and O–H groups in total. The highest BCUT2D eigenvalue weighted by Crippen LogP contribution is 2.36. The zero-order valence-electron chi connectivity index (χ0n) is 25.0. The van der Waals surface area contributed by atoms with Crippen LogP contribution in [0.3, 0.4) is 0 Å². The quantitative estimate of drug-likeness (QED) is 0.0877. The SMILES string of the molecule is NCCC(O)CNC[C@H]1O[C@H](OC2[C@@H](N)C[C@@H](NC(=O)C3(O)CC3N)[C@H](O[C@H]3O[C@H](CO)[C@@H](O)[C@H](N)[C@H]3O)[C@H]2O)[C@H](N)C[C@@H]1O. The first kappa shape index (κ1) is 36.6. The average molecular weight is 654 g/mol. The van der Waals surface area contributed by atoms with Crippen LogP contribution in [-0.2, 0) is 23.7 Å². The second kappa shape index (κ2) is 15.3. The van der Waals surface area contributed by atoms with Crippen molar-refractivity contribution in [2.24, 2.45) is 28.7 Å². The van der Waals surface area contributed by atoms with Crippen LogP contribution >= 0.6 is 0 Å². The number of aliphatic hydroxyl groups excluding tert-OH is 6. The van der Waals surface area contributed by atoms with Crippen LogP contribution in [0.25, 0.3) is 0 Å². The van der Waals surface area contributed by atoms with E-state index >= 15 is 0 Å². The number of nitrogens with one attached hydrogen (secondary N) is 2. The van der Waals surface area contributed by atoms with E-state index in [9.17, 15) is 40.5 Å². The Balaban J connectivity index is 1.49. The van der Waals surface area contributed by atoms with Crippen LogP contribution in [0.5, 0.6) is 0 Å². The van der Waals surface area contributed by atoms with E-state index < -0.39 is 116 Å². The monoisotopic (exact) mass is 653 g/mol. The number of nitrogens with two attached hydrogens (primary N) is 5. The third-order valence-corrected chi connectivity index (χ3v) is 9.06. The molecule has 0 aromatic rings. The van der Waals surface area contributed by atoms with E-state index in [4.69, 9.17) is 47.6 Å². The lowest BCUT2D eigenvalue weighted by Gasteiger charge is -2.48. The number of rotatable bonds is 13. The normalized spacial score (nSPS) is 47.7. The smallest absolute Gasteiger partial charge is 0.253 e.